The first-order valence-electron chi connectivity index (χ1n) is 13.7. The molecule has 0 saturated carbocycles. The van der Waals surface area contributed by atoms with Crippen molar-refractivity contribution in [1.82, 2.24) is 14.5 Å². The lowest BCUT2D eigenvalue weighted by atomic mass is 9.85. The van der Waals surface area contributed by atoms with Crippen LogP contribution in [0.4, 0.5) is 9.59 Å². The standard InChI is InChI=1S/C30H40N4O6/c1-20-33(18-21-12-13-24-25(26(21)35)22-10-8-9-11-23(22)32(24)7)16-17-34(20)19-38-28(37)40-30(5,6)14-15-31-27(36)39-29(2,3)4/h8-11,16-17,21H,12-15,18-19H2,1-7H3/p+1. The van der Waals surface area contributed by atoms with Crippen LogP contribution >= 0.6 is 0 Å². The highest BCUT2D eigenvalue weighted by atomic mass is 16.7. The van der Waals surface area contributed by atoms with E-state index >= 15 is 0 Å². The van der Waals surface area contributed by atoms with Crippen LogP contribution in [0.25, 0.3) is 10.9 Å². The number of aryl methyl sites for hydroxylation is 1. The van der Waals surface area contributed by atoms with Gasteiger partial charge in [-0.1, -0.05) is 18.2 Å². The van der Waals surface area contributed by atoms with Crippen LogP contribution in [-0.4, -0.2) is 44.9 Å². The Morgan fingerprint density at radius 2 is 1.85 bits per heavy atom. The molecule has 1 N–H and O–H groups in total. The summed E-state index contributed by atoms with van der Waals surface area (Å²) in [6, 6.07) is 8.06. The Morgan fingerprint density at radius 3 is 2.58 bits per heavy atom. The minimum Gasteiger partial charge on any atom is -0.444 e. The third-order valence-electron chi connectivity index (χ3n) is 7.33. The van der Waals surface area contributed by atoms with E-state index in [0.717, 1.165) is 40.8 Å². The maximum atomic E-state index is 13.5. The van der Waals surface area contributed by atoms with E-state index in [1.54, 1.807) is 39.2 Å². The molecule has 10 heteroatoms. The average Bonchev–Trinajstić information content (AvgIpc) is 3.35. The lowest BCUT2D eigenvalue weighted by Gasteiger charge is -2.25. The quantitative estimate of drug-likeness (QED) is 0.317. The van der Waals surface area contributed by atoms with E-state index < -0.39 is 23.5 Å². The van der Waals surface area contributed by atoms with Crippen LogP contribution in [-0.2, 0) is 41.0 Å². The van der Waals surface area contributed by atoms with Crippen molar-refractivity contribution >= 4 is 28.9 Å². The normalized spacial score (nSPS) is 15.6. The number of amides is 1. The number of para-hydroxylation sites is 1. The van der Waals surface area contributed by atoms with Crippen molar-refractivity contribution in [2.75, 3.05) is 6.54 Å². The average molecular weight is 554 g/mol. The molecule has 40 heavy (non-hydrogen) atoms. The Hall–Kier alpha value is -3.82. The number of nitrogens with one attached hydrogen (secondary N) is 1. The first kappa shape index (κ1) is 29.2. The highest BCUT2D eigenvalue weighted by Gasteiger charge is 2.34. The Morgan fingerprint density at radius 1 is 1.12 bits per heavy atom. The summed E-state index contributed by atoms with van der Waals surface area (Å²) in [5.74, 6) is 0.921. The number of ketones is 1. The van der Waals surface area contributed by atoms with Gasteiger partial charge in [-0.3, -0.25) is 4.79 Å². The molecule has 10 nitrogen and oxygen atoms in total. The molecule has 0 aliphatic heterocycles. The van der Waals surface area contributed by atoms with E-state index in [1.807, 2.05) is 49.1 Å². The second-order valence-electron chi connectivity index (χ2n) is 12.0. The smallest absolute Gasteiger partial charge is 0.444 e. The van der Waals surface area contributed by atoms with Gasteiger partial charge in [0.25, 0.3) is 5.82 Å². The van der Waals surface area contributed by atoms with Crippen molar-refractivity contribution in [2.24, 2.45) is 13.0 Å². The highest BCUT2D eigenvalue weighted by molar-refractivity contribution is 6.11. The monoisotopic (exact) mass is 553 g/mol. The van der Waals surface area contributed by atoms with Gasteiger partial charge in [0.1, 0.15) is 30.1 Å². The van der Waals surface area contributed by atoms with Gasteiger partial charge in [0.05, 0.1) is 5.92 Å². The molecular weight excluding hydrogens is 512 g/mol. The van der Waals surface area contributed by atoms with Crippen molar-refractivity contribution in [1.29, 1.82) is 0 Å². The van der Waals surface area contributed by atoms with E-state index in [4.69, 9.17) is 14.2 Å². The summed E-state index contributed by atoms with van der Waals surface area (Å²) in [6.07, 6.45) is 4.45. The molecule has 0 fully saturated rings. The van der Waals surface area contributed by atoms with E-state index in [2.05, 4.69) is 16.0 Å². The lowest BCUT2D eigenvalue weighted by molar-refractivity contribution is -0.732. The molecule has 0 spiro atoms. The molecule has 1 aliphatic carbocycles. The lowest BCUT2D eigenvalue weighted by Crippen LogP contribution is -2.40. The molecular formula is C30H41N4O6+. The Balaban J connectivity index is 1.29. The van der Waals surface area contributed by atoms with Crippen LogP contribution in [0.15, 0.2) is 36.7 Å². The van der Waals surface area contributed by atoms with Gasteiger partial charge in [-0.05, 0) is 53.5 Å². The molecule has 1 amide bonds. The number of benzene rings is 1. The zero-order valence-electron chi connectivity index (χ0n) is 24.6. The van der Waals surface area contributed by atoms with Crippen LogP contribution in [0.3, 0.4) is 0 Å². The second kappa shape index (κ2) is 11.3. The van der Waals surface area contributed by atoms with E-state index in [0.29, 0.717) is 13.0 Å². The Kier molecular flexibility index (Phi) is 8.28. The van der Waals surface area contributed by atoms with Gasteiger partial charge in [-0.15, -0.1) is 0 Å². The van der Waals surface area contributed by atoms with Crippen LogP contribution < -0.4 is 9.88 Å². The first-order valence-corrected chi connectivity index (χ1v) is 13.7. The molecule has 1 atom stereocenters. The zero-order chi connectivity index (χ0) is 29.2. The molecule has 0 bridgehead atoms. The summed E-state index contributed by atoms with van der Waals surface area (Å²) >= 11 is 0. The van der Waals surface area contributed by atoms with Gasteiger partial charge < -0.3 is 24.1 Å². The van der Waals surface area contributed by atoms with Gasteiger partial charge in [0, 0.05) is 49.1 Å². The third-order valence-corrected chi connectivity index (χ3v) is 7.33. The number of ether oxygens (including phenoxy) is 3. The molecule has 0 saturated heterocycles. The molecule has 4 rings (SSSR count). The summed E-state index contributed by atoms with van der Waals surface area (Å²) in [4.78, 5) is 37.8. The Bertz CT molecular complexity index is 1410. The number of imidazole rings is 1. The van der Waals surface area contributed by atoms with E-state index in [1.165, 1.54) is 0 Å². The molecule has 2 heterocycles. The number of hydrogen-bond donors (Lipinski definition) is 1. The maximum absolute atomic E-state index is 13.5. The fourth-order valence-corrected chi connectivity index (χ4v) is 5.15. The predicted octanol–water partition coefficient (Wildman–Crippen LogP) is 4.83. The van der Waals surface area contributed by atoms with Crippen molar-refractivity contribution in [3.05, 3.63) is 53.7 Å². The minimum atomic E-state index is -0.848. The number of carbonyl (C=O) groups is 3. The minimum absolute atomic E-state index is 0.0179. The molecule has 1 aliphatic rings. The van der Waals surface area contributed by atoms with Crippen LogP contribution in [0.1, 0.15) is 69.3 Å². The van der Waals surface area contributed by atoms with Gasteiger partial charge in [-0.25, -0.2) is 14.2 Å². The van der Waals surface area contributed by atoms with Crippen molar-refractivity contribution in [3.8, 4) is 0 Å². The Labute approximate surface area is 235 Å². The van der Waals surface area contributed by atoms with Gasteiger partial charge in [0.15, 0.2) is 5.78 Å². The first-order chi connectivity index (χ1) is 18.8. The number of fused-ring (bicyclic) bond motifs is 3. The van der Waals surface area contributed by atoms with Gasteiger partial charge >= 0.3 is 12.2 Å². The molecule has 0 radical (unpaired) electrons. The fourth-order valence-electron chi connectivity index (χ4n) is 5.15. The molecule has 216 valence electrons. The van der Waals surface area contributed by atoms with Crippen molar-refractivity contribution < 1.29 is 33.2 Å². The van der Waals surface area contributed by atoms with Gasteiger partial charge in [0.2, 0.25) is 6.73 Å². The number of carbonyl (C=O) groups excluding carboxylic acids is 3. The van der Waals surface area contributed by atoms with Gasteiger partial charge in [-0.2, -0.15) is 4.57 Å². The summed E-state index contributed by atoms with van der Waals surface area (Å²) < 4.78 is 22.0. The summed E-state index contributed by atoms with van der Waals surface area (Å²) in [6.45, 7) is 11.6. The van der Waals surface area contributed by atoms with Crippen LogP contribution in [0, 0.1) is 12.8 Å². The molecule has 1 aromatic carbocycles. The number of Topliss-reactive ketones (excluding diaryl/α,β-unsaturated/α-hetero) is 1. The topological polar surface area (TPSA) is 105 Å². The summed E-state index contributed by atoms with van der Waals surface area (Å²) in [7, 11) is 2.03. The van der Waals surface area contributed by atoms with E-state index in [-0.39, 0.29) is 25.0 Å². The van der Waals surface area contributed by atoms with Crippen molar-refractivity contribution in [2.45, 2.75) is 85.3 Å². The summed E-state index contributed by atoms with van der Waals surface area (Å²) in [5.41, 5.74) is 1.61. The molecule has 3 aromatic rings. The van der Waals surface area contributed by atoms with Crippen molar-refractivity contribution in [3.63, 3.8) is 0 Å². The number of nitrogens with zero attached hydrogens (tertiary/aromatic N) is 3. The number of alkyl carbamates (subject to hydrolysis) is 1. The number of aromatic nitrogens is 3. The number of rotatable bonds is 8. The highest BCUT2D eigenvalue weighted by Crippen LogP contribution is 2.34. The maximum Gasteiger partial charge on any atom is 0.512 e. The molecule has 2 aromatic heterocycles. The fraction of sp³-hybridized carbons (Fsp3) is 0.533. The SMILES string of the molecule is Cc1n(CC2CCc3c(c4ccccc4n3C)C2=O)cc[n+]1COC(=O)OC(C)(C)CCNC(=O)OC(C)(C)C. The largest absolute Gasteiger partial charge is 0.512 e. The molecule has 1 unspecified atom stereocenters. The zero-order valence-corrected chi connectivity index (χ0v) is 24.6. The predicted molar refractivity (Wildman–Crippen MR) is 149 cm³/mol. The van der Waals surface area contributed by atoms with Crippen LogP contribution in [0.2, 0.25) is 0 Å². The van der Waals surface area contributed by atoms with Crippen LogP contribution in [0.5, 0.6) is 0 Å². The third kappa shape index (κ3) is 6.66. The second-order valence-corrected chi connectivity index (χ2v) is 12.0. The van der Waals surface area contributed by atoms with E-state index in [9.17, 15) is 14.4 Å². The summed E-state index contributed by atoms with van der Waals surface area (Å²) in [5, 5.41) is 3.68. The number of hydrogen-bond acceptors (Lipinski definition) is 6.